The highest BCUT2D eigenvalue weighted by molar-refractivity contribution is 5.38. The lowest BCUT2D eigenvalue weighted by Gasteiger charge is -2.33. The van der Waals surface area contributed by atoms with Gasteiger partial charge >= 0.3 is 0 Å². The second-order valence-corrected chi connectivity index (χ2v) is 5.36. The maximum atomic E-state index is 5.46. The Bertz CT molecular complexity index is 367. The summed E-state index contributed by atoms with van der Waals surface area (Å²) in [4.78, 5) is 6.78. The molecule has 0 bridgehead atoms. The zero-order valence-electron chi connectivity index (χ0n) is 13.0. The van der Waals surface area contributed by atoms with Gasteiger partial charge in [-0.05, 0) is 37.9 Å². The van der Waals surface area contributed by atoms with Crippen LogP contribution in [-0.2, 0) is 9.47 Å². The maximum Gasteiger partial charge on any atom is 0.128 e. The number of rotatable bonds is 9. The normalized spacial score (nSPS) is 16.3. The van der Waals surface area contributed by atoms with E-state index in [4.69, 9.17) is 9.47 Å². The van der Waals surface area contributed by atoms with E-state index in [0.29, 0.717) is 19.3 Å². The fourth-order valence-corrected chi connectivity index (χ4v) is 2.58. The first-order valence-electron chi connectivity index (χ1n) is 7.86. The van der Waals surface area contributed by atoms with E-state index >= 15 is 0 Å². The van der Waals surface area contributed by atoms with Crippen molar-refractivity contribution in [1.29, 1.82) is 0 Å². The average Bonchev–Trinajstić information content (AvgIpc) is 2.55. The molecule has 118 valence electrons. The van der Waals surface area contributed by atoms with Crippen molar-refractivity contribution in [3.05, 3.63) is 24.4 Å². The Labute approximate surface area is 127 Å². The number of nitrogens with zero attached hydrogens (tertiary/aromatic N) is 2. The molecule has 0 radical (unpaired) electrons. The lowest BCUT2D eigenvalue weighted by atomic mass is 10.0. The molecule has 1 N–H and O–H groups in total. The Morgan fingerprint density at radius 2 is 2.10 bits per heavy atom. The van der Waals surface area contributed by atoms with Gasteiger partial charge in [0.1, 0.15) is 5.82 Å². The Hall–Kier alpha value is -1.17. The SMILES string of the molecule is COCCOCCCNC1CCN(c2ccccn2)CC1. The molecule has 0 amide bonds. The van der Waals surface area contributed by atoms with Gasteiger partial charge in [-0.15, -0.1) is 0 Å². The predicted molar refractivity (Wildman–Crippen MR) is 84.8 cm³/mol. The van der Waals surface area contributed by atoms with E-state index in [-0.39, 0.29) is 0 Å². The van der Waals surface area contributed by atoms with Crippen LogP contribution in [0.25, 0.3) is 0 Å². The summed E-state index contributed by atoms with van der Waals surface area (Å²) in [6.07, 6.45) is 5.29. The van der Waals surface area contributed by atoms with Crippen molar-refractivity contribution in [3.63, 3.8) is 0 Å². The summed E-state index contributed by atoms with van der Waals surface area (Å²) in [5, 5.41) is 3.63. The van der Waals surface area contributed by atoms with Crippen molar-refractivity contribution in [2.45, 2.75) is 25.3 Å². The topological polar surface area (TPSA) is 46.6 Å². The molecule has 0 spiro atoms. The van der Waals surface area contributed by atoms with Crippen molar-refractivity contribution in [2.24, 2.45) is 0 Å². The molecule has 1 aromatic rings. The molecule has 1 aliphatic rings. The molecule has 0 atom stereocenters. The minimum atomic E-state index is 0.629. The predicted octanol–water partition coefficient (Wildman–Crippen LogP) is 1.69. The molecular weight excluding hydrogens is 266 g/mol. The number of ether oxygens (including phenoxy) is 2. The molecule has 1 aliphatic heterocycles. The third kappa shape index (κ3) is 5.99. The van der Waals surface area contributed by atoms with Crippen LogP contribution in [0, 0.1) is 0 Å². The maximum absolute atomic E-state index is 5.46. The third-order valence-corrected chi connectivity index (χ3v) is 3.80. The summed E-state index contributed by atoms with van der Waals surface area (Å²) in [7, 11) is 1.70. The van der Waals surface area contributed by atoms with Crippen LogP contribution >= 0.6 is 0 Å². The van der Waals surface area contributed by atoms with Crippen LogP contribution in [0.15, 0.2) is 24.4 Å². The molecule has 2 heterocycles. The molecule has 0 saturated carbocycles. The molecule has 0 aromatic carbocycles. The number of piperidine rings is 1. The minimum absolute atomic E-state index is 0.629. The van der Waals surface area contributed by atoms with E-state index in [0.717, 1.165) is 38.5 Å². The summed E-state index contributed by atoms with van der Waals surface area (Å²) in [5.74, 6) is 1.10. The van der Waals surface area contributed by atoms with Crippen LogP contribution in [0.4, 0.5) is 5.82 Å². The number of pyridine rings is 1. The van der Waals surface area contributed by atoms with Crippen molar-refractivity contribution in [2.75, 3.05) is 51.5 Å². The number of anilines is 1. The lowest BCUT2D eigenvalue weighted by molar-refractivity contribution is 0.0691. The molecule has 21 heavy (non-hydrogen) atoms. The van der Waals surface area contributed by atoms with Crippen LogP contribution in [-0.4, -0.2) is 57.6 Å². The summed E-state index contributed by atoms with van der Waals surface area (Å²) in [5.41, 5.74) is 0. The van der Waals surface area contributed by atoms with Crippen LogP contribution in [0.2, 0.25) is 0 Å². The zero-order valence-corrected chi connectivity index (χ0v) is 13.0. The van der Waals surface area contributed by atoms with Crippen molar-refractivity contribution in [3.8, 4) is 0 Å². The third-order valence-electron chi connectivity index (χ3n) is 3.80. The molecule has 5 heteroatoms. The highest BCUT2D eigenvalue weighted by Crippen LogP contribution is 2.17. The average molecular weight is 293 g/mol. The van der Waals surface area contributed by atoms with Gasteiger partial charge in [0.25, 0.3) is 0 Å². The van der Waals surface area contributed by atoms with Crippen LogP contribution in [0.3, 0.4) is 0 Å². The van der Waals surface area contributed by atoms with Gasteiger partial charge in [0.15, 0.2) is 0 Å². The Balaban J connectivity index is 1.53. The molecule has 0 unspecified atom stereocenters. The smallest absolute Gasteiger partial charge is 0.128 e. The van der Waals surface area contributed by atoms with Gasteiger partial charge in [-0.3, -0.25) is 0 Å². The van der Waals surface area contributed by atoms with Crippen LogP contribution < -0.4 is 10.2 Å². The summed E-state index contributed by atoms with van der Waals surface area (Å²) < 4.78 is 10.4. The van der Waals surface area contributed by atoms with Crippen molar-refractivity contribution < 1.29 is 9.47 Å². The van der Waals surface area contributed by atoms with Gasteiger partial charge in [-0.1, -0.05) is 6.07 Å². The molecular formula is C16H27N3O2. The second-order valence-electron chi connectivity index (χ2n) is 5.36. The first kappa shape index (κ1) is 16.2. The Kier molecular flexibility index (Phi) is 7.49. The fourth-order valence-electron chi connectivity index (χ4n) is 2.58. The van der Waals surface area contributed by atoms with Crippen LogP contribution in [0.5, 0.6) is 0 Å². The van der Waals surface area contributed by atoms with Crippen molar-refractivity contribution in [1.82, 2.24) is 10.3 Å². The Morgan fingerprint density at radius 1 is 1.24 bits per heavy atom. The quantitative estimate of drug-likeness (QED) is 0.702. The first-order valence-corrected chi connectivity index (χ1v) is 7.86. The number of aromatic nitrogens is 1. The molecule has 1 fully saturated rings. The summed E-state index contributed by atoms with van der Waals surface area (Å²) >= 11 is 0. The molecule has 1 aromatic heterocycles. The fraction of sp³-hybridized carbons (Fsp3) is 0.688. The monoisotopic (exact) mass is 293 g/mol. The largest absolute Gasteiger partial charge is 0.382 e. The second kappa shape index (κ2) is 9.71. The first-order chi connectivity index (χ1) is 10.4. The number of hydrogen-bond acceptors (Lipinski definition) is 5. The number of hydrogen-bond donors (Lipinski definition) is 1. The van der Waals surface area contributed by atoms with E-state index in [1.54, 1.807) is 7.11 Å². The minimum Gasteiger partial charge on any atom is -0.382 e. The van der Waals surface area contributed by atoms with Gasteiger partial charge < -0.3 is 19.7 Å². The standard InChI is InChI=1S/C16H27N3O2/c1-20-13-14-21-12-4-9-17-15-6-10-19(11-7-15)16-5-2-3-8-18-16/h2-3,5,8,15,17H,4,6-7,9-14H2,1H3. The van der Waals surface area contributed by atoms with Gasteiger partial charge in [0.2, 0.25) is 0 Å². The molecule has 1 saturated heterocycles. The molecule has 5 nitrogen and oxygen atoms in total. The molecule has 2 rings (SSSR count). The van der Waals surface area contributed by atoms with E-state index in [1.807, 2.05) is 12.3 Å². The van der Waals surface area contributed by atoms with E-state index < -0.39 is 0 Å². The van der Waals surface area contributed by atoms with E-state index in [2.05, 4.69) is 27.3 Å². The molecule has 0 aliphatic carbocycles. The lowest BCUT2D eigenvalue weighted by Crippen LogP contribution is -2.43. The van der Waals surface area contributed by atoms with Gasteiger partial charge in [0, 0.05) is 39.0 Å². The number of methoxy groups -OCH3 is 1. The number of nitrogens with one attached hydrogen (secondary N) is 1. The van der Waals surface area contributed by atoms with Gasteiger partial charge in [-0.25, -0.2) is 4.98 Å². The summed E-state index contributed by atoms with van der Waals surface area (Å²) in [6.45, 7) is 5.38. The van der Waals surface area contributed by atoms with Crippen LogP contribution in [0.1, 0.15) is 19.3 Å². The van der Waals surface area contributed by atoms with Gasteiger partial charge in [0.05, 0.1) is 13.2 Å². The zero-order chi connectivity index (χ0) is 14.8. The highest BCUT2D eigenvalue weighted by atomic mass is 16.5. The highest BCUT2D eigenvalue weighted by Gasteiger charge is 2.19. The van der Waals surface area contributed by atoms with Crippen molar-refractivity contribution >= 4 is 5.82 Å². The van der Waals surface area contributed by atoms with E-state index in [1.165, 1.54) is 12.8 Å². The Morgan fingerprint density at radius 3 is 2.81 bits per heavy atom. The van der Waals surface area contributed by atoms with E-state index in [9.17, 15) is 0 Å². The summed E-state index contributed by atoms with van der Waals surface area (Å²) in [6, 6.07) is 6.73. The van der Waals surface area contributed by atoms with Gasteiger partial charge in [-0.2, -0.15) is 0 Å².